The number of amides is 1. The number of carbonyl (C=O) groups is 1. The quantitative estimate of drug-likeness (QED) is 0.871. The minimum absolute atomic E-state index is 0.161. The number of benzene rings is 1. The van der Waals surface area contributed by atoms with Crippen molar-refractivity contribution in [2.75, 3.05) is 18.5 Å². The highest BCUT2D eigenvalue weighted by Crippen LogP contribution is 2.16. The van der Waals surface area contributed by atoms with Crippen LogP contribution in [-0.4, -0.2) is 24.0 Å². The van der Waals surface area contributed by atoms with Crippen LogP contribution in [0.1, 0.15) is 16.1 Å². The average molecular weight is 271 g/mol. The topological polar surface area (TPSA) is 77.2 Å². The van der Waals surface area contributed by atoms with Crippen LogP contribution in [0.5, 0.6) is 5.75 Å². The number of rotatable bonds is 5. The Morgan fingerprint density at radius 2 is 2.05 bits per heavy atom. The summed E-state index contributed by atoms with van der Waals surface area (Å²) in [5.74, 6) is 0.569. The van der Waals surface area contributed by atoms with Gasteiger partial charge in [0.15, 0.2) is 0 Å². The van der Waals surface area contributed by atoms with Crippen molar-refractivity contribution in [2.24, 2.45) is 5.73 Å². The number of nitrogens with one attached hydrogen (secondary N) is 1. The normalized spacial score (nSPS) is 10.1. The molecular weight excluding hydrogens is 254 g/mol. The average Bonchev–Trinajstić information content (AvgIpc) is 2.46. The summed E-state index contributed by atoms with van der Waals surface area (Å²) in [6.45, 7) is 2.79. The van der Waals surface area contributed by atoms with E-state index in [9.17, 15) is 4.79 Å². The number of hydrogen-bond donors (Lipinski definition) is 2. The number of anilines is 1. The molecule has 104 valence electrons. The van der Waals surface area contributed by atoms with Gasteiger partial charge in [0.05, 0.1) is 0 Å². The third kappa shape index (κ3) is 3.80. The van der Waals surface area contributed by atoms with Gasteiger partial charge in [0.25, 0.3) is 5.91 Å². The molecule has 1 amide bonds. The van der Waals surface area contributed by atoms with E-state index < -0.39 is 0 Å². The Morgan fingerprint density at radius 3 is 2.70 bits per heavy atom. The summed E-state index contributed by atoms with van der Waals surface area (Å²) in [7, 11) is 0. The van der Waals surface area contributed by atoms with E-state index in [1.54, 1.807) is 42.6 Å². The molecule has 3 N–H and O–H groups in total. The largest absolute Gasteiger partial charge is 0.492 e. The molecule has 2 rings (SSSR count). The summed E-state index contributed by atoms with van der Waals surface area (Å²) in [5.41, 5.74) is 7.47. The van der Waals surface area contributed by atoms with Gasteiger partial charge in [-0.3, -0.25) is 9.78 Å². The molecule has 1 heterocycles. The summed E-state index contributed by atoms with van der Waals surface area (Å²) in [6, 6.07) is 10.6. The predicted octanol–water partition coefficient (Wildman–Crippen LogP) is 1.98. The van der Waals surface area contributed by atoms with Gasteiger partial charge in [0.2, 0.25) is 0 Å². The zero-order valence-electron chi connectivity index (χ0n) is 11.3. The van der Waals surface area contributed by atoms with Crippen LogP contribution in [0.15, 0.2) is 42.6 Å². The molecule has 0 saturated carbocycles. The highest BCUT2D eigenvalue weighted by atomic mass is 16.5. The Kier molecular flexibility index (Phi) is 4.68. The first-order valence-electron chi connectivity index (χ1n) is 6.36. The Labute approximate surface area is 117 Å². The number of nitrogens with two attached hydrogens (primary N) is 1. The van der Waals surface area contributed by atoms with Gasteiger partial charge in [-0.15, -0.1) is 0 Å². The van der Waals surface area contributed by atoms with Crippen LogP contribution in [0.3, 0.4) is 0 Å². The lowest BCUT2D eigenvalue weighted by atomic mass is 10.2. The van der Waals surface area contributed by atoms with Crippen molar-refractivity contribution >= 4 is 11.6 Å². The van der Waals surface area contributed by atoms with Gasteiger partial charge in [0.1, 0.15) is 12.4 Å². The minimum atomic E-state index is -0.161. The lowest BCUT2D eigenvalue weighted by Crippen LogP contribution is -2.12. The molecule has 0 bridgehead atoms. The van der Waals surface area contributed by atoms with Crippen molar-refractivity contribution in [3.05, 3.63) is 53.9 Å². The number of pyridine rings is 1. The second-order valence-electron chi connectivity index (χ2n) is 4.30. The summed E-state index contributed by atoms with van der Waals surface area (Å²) in [5, 5.41) is 2.82. The van der Waals surface area contributed by atoms with Gasteiger partial charge in [-0.25, -0.2) is 0 Å². The Hall–Kier alpha value is -2.40. The van der Waals surface area contributed by atoms with Gasteiger partial charge >= 0.3 is 0 Å². The van der Waals surface area contributed by atoms with E-state index in [2.05, 4.69) is 10.3 Å². The molecule has 2 aromatic rings. The Bertz CT molecular complexity index is 582. The second-order valence-corrected chi connectivity index (χ2v) is 4.30. The van der Waals surface area contributed by atoms with Crippen LogP contribution >= 0.6 is 0 Å². The standard InChI is InChI=1S/C15H17N3O2/c1-11-10-12(6-8-17-11)15(19)18-13-2-4-14(5-3-13)20-9-7-16/h2-6,8,10H,7,9,16H2,1H3,(H,18,19). The predicted molar refractivity (Wildman–Crippen MR) is 77.9 cm³/mol. The van der Waals surface area contributed by atoms with Crippen molar-refractivity contribution in [3.63, 3.8) is 0 Å². The maximum Gasteiger partial charge on any atom is 0.255 e. The first-order valence-corrected chi connectivity index (χ1v) is 6.36. The van der Waals surface area contributed by atoms with Crippen molar-refractivity contribution in [1.82, 2.24) is 4.98 Å². The molecule has 20 heavy (non-hydrogen) atoms. The van der Waals surface area contributed by atoms with Gasteiger partial charge in [-0.05, 0) is 43.3 Å². The van der Waals surface area contributed by atoms with Gasteiger partial charge in [0, 0.05) is 29.7 Å². The molecule has 0 atom stereocenters. The molecule has 5 heteroatoms. The van der Waals surface area contributed by atoms with Gasteiger partial charge in [-0.2, -0.15) is 0 Å². The second kappa shape index (κ2) is 6.68. The Balaban J connectivity index is 2.01. The van der Waals surface area contributed by atoms with Gasteiger partial charge < -0.3 is 15.8 Å². The van der Waals surface area contributed by atoms with Crippen LogP contribution in [-0.2, 0) is 0 Å². The smallest absolute Gasteiger partial charge is 0.255 e. The van der Waals surface area contributed by atoms with Gasteiger partial charge in [-0.1, -0.05) is 0 Å². The number of carbonyl (C=O) groups excluding carboxylic acids is 1. The molecule has 0 fully saturated rings. The zero-order chi connectivity index (χ0) is 14.4. The monoisotopic (exact) mass is 271 g/mol. The lowest BCUT2D eigenvalue weighted by molar-refractivity contribution is 0.102. The number of nitrogens with zero attached hydrogens (tertiary/aromatic N) is 1. The first kappa shape index (κ1) is 14.0. The van der Waals surface area contributed by atoms with Crippen molar-refractivity contribution < 1.29 is 9.53 Å². The molecule has 0 saturated heterocycles. The van der Waals surface area contributed by atoms with E-state index in [-0.39, 0.29) is 5.91 Å². The van der Waals surface area contributed by atoms with Crippen LogP contribution < -0.4 is 15.8 Å². The lowest BCUT2D eigenvalue weighted by Gasteiger charge is -2.08. The fourth-order valence-corrected chi connectivity index (χ4v) is 1.70. The van der Waals surface area contributed by atoms with E-state index in [0.29, 0.717) is 24.4 Å². The third-order valence-corrected chi connectivity index (χ3v) is 2.66. The molecule has 0 aliphatic heterocycles. The Morgan fingerprint density at radius 1 is 1.30 bits per heavy atom. The molecule has 1 aromatic carbocycles. The molecule has 5 nitrogen and oxygen atoms in total. The maximum absolute atomic E-state index is 12.0. The van der Waals surface area contributed by atoms with Crippen LogP contribution in [0, 0.1) is 6.92 Å². The van der Waals surface area contributed by atoms with Crippen molar-refractivity contribution in [1.29, 1.82) is 0 Å². The molecule has 1 aromatic heterocycles. The first-order chi connectivity index (χ1) is 9.69. The molecule has 0 unspecified atom stereocenters. The number of ether oxygens (including phenoxy) is 1. The molecular formula is C15H17N3O2. The highest BCUT2D eigenvalue weighted by molar-refractivity contribution is 6.04. The van der Waals surface area contributed by atoms with Crippen molar-refractivity contribution in [3.8, 4) is 5.75 Å². The fourth-order valence-electron chi connectivity index (χ4n) is 1.70. The number of aromatic nitrogens is 1. The SMILES string of the molecule is Cc1cc(C(=O)Nc2ccc(OCCN)cc2)ccn1. The van der Waals surface area contributed by atoms with Crippen LogP contribution in [0.2, 0.25) is 0 Å². The van der Waals surface area contributed by atoms with Crippen LogP contribution in [0.4, 0.5) is 5.69 Å². The molecule has 0 radical (unpaired) electrons. The maximum atomic E-state index is 12.0. The van der Waals surface area contributed by atoms with E-state index in [1.165, 1.54) is 0 Å². The fraction of sp³-hybridized carbons (Fsp3) is 0.200. The molecule has 0 aliphatic carbocycles. The van der Waals surface area contributed by atoms with Crippen LogP contribution in [0.25, 0.3) is 0 Å². The van der Waals surface area contributed by atoms with E-state index >= 15 is 0 Å². The summed E-state index contributed by atoms with van der Waals surface area (Å²) < 4.78 is 5.37. The highest BCUT2D eigenvalue weighted by Gasteiger charge is 2.06. The zero-order valence-corrected chi connectivity index (χ0v) is 11.3. The third-order valence-electron chi connectivity index (χ3n) is 2.66. The summed E-state index contributed by atoms with van der Waals surface area (Å²) in [4.78, 5) is 16.1. The number of aryl methyl sites for hydroxylation is 1. The molecule has 0 aliphatic rings. The minimum Gasteiger partial charge on any atom is -0.492 e. The summed E-state index contributed by atoms with van der Waals surface area (Å²) in [6.07, 6.45) is 1.62. The van der Waals surface area contributed by atoms with E-state index in [4.69, 9.17) is 10.5 Å². The van der Waals surface area contributed by atoms with E-state index in [0.717, 1.165) is 11.4 Å². The summed E-state index contributed by atoms with van der Waals surface area (Å²) >= 11 is 0. The molecule has 0 spiro atoms. The van der Waals surface area contributed by atoms with E-state index in [1.807, 2.05) is 6.92 Å². The van der Waals surface area contributed by atoms with Crippen molar-refractivity contribution in [2.45, 2.75) is 6.92 Å². The number of hydrogen-bond acceptors (Lipinski definition) is 4.